The highest BCUT2D eigenvalue weighted by Crippen LogP contribution is 2.21. The molecule has 0 heterocycles. The van der Waals surface area contributed by atoms with E-state index in [1.54, 1.807) is 0 Å². The zero-order valence-corrected chi connectivity index (χ0v) is 18.0. The summed E-state index contributed by atoms with van der Waals surface area (Å²) in [5.74, 6) is 0.719. The highest BCUT2D eigenvalue weighted by atomic mass is 16.3. The Bertz CT molecular complexity index is 234. The van der Waals surface area contributed by atoms with Gasteiger partial charge in [-0.25, -0.2) is 0 Å². The van der Waals surface area contributed by atoms with Gasteiger partial charge in [-0.15, -0.1) is 0 Å². The molecule has 2 heteroatoms. The molecule has 0 saturated heterocycles. The monoisotopic (exact) mass is 370 g/mol. The quantitative estimate of drug-likeness (QED) is 0.195. The summed E-state index contributed by atoms with van der Waals surface area (Å²) < 4.78 is 0. The second kappa shape index (κ2) is 23.0. The molecule has 0 amide bonds. The largest absolute Gasteiger partial charge is 0.396 e. The summed E-state index contributed by atoms with van der Waals surface area (Å²) in [4.78, 5) is 0. The summed E-state index contributed by atoms with van der Waals surface area (Å²) in [6.07, 6.45) is 26.7. The van der Waals surface area contributed by atoms with E-state index in [4.69, 9.17) is 10.2 Å². The van der Waals surface area contributed by atoms with Crippen LogP contribution in [0, 0.1) is 5.92 Å². The third kappa shape index (κ3) is 20.2. The third-order valence-corrected chi connectivity index (χ3v) is 5.76. The van der Waals surface area contributed by atoms with Gasteiger partial charge in [0.25, 0.3) is 0 Å². The Morgan fingerprint density at radius 2 is 0.731 bits per heavy atom. The third-order valence-electron chi connectivity index (χ3n) is 5.76. The molecule has 0 spiro atoms. The van der Waals surface area contributed by atoms with E-state index in [1.165, 1.54) is 103 Å². The second-order valence-electron chi connectivity index (χ2n) is 8.34. The van der Waals surface area contributed by atoms with Gasteiger partial charge in [0, 0.05) is 13.2 Å². The molecule has 0 aromatic rings. The molecule has 0 unspecified atom stereocenters. The zero-order chi connectivity index (χ0) is 19.1. The molecule has 2 N–H and O–H groups in total. The number of rotatable bonds is 22. The van der Waals surface area contributed by atoms with E-state index < -0.39 is 0 Å². The summed E-state index contributed by atoms with van der Waals surface area (Å²) in [6, 6.07) is 0. The Labute approximate surface area is 165 Å². The topological polar surface area (TPSA) is 40.5 Å². The van der Waals surface area contributed by atoms with Crippen molar-refractivity contribution in [3.05, 3.63) is 0 Å². The fourth-order valence-corrected chi connectivity index (χ4v) is 4.00. The smallest absolute Gasteiger partial charge is 0.0431 e. The van der Waals surface area contributed by atoms with Crippen LogP contribution in [0.4, 0.5) is 0 Å². The summed E-state index contributed by atoms with van der Waals surface area (Å²) >= 11 is 0. The molecule has 0 aliphatic heterocycles. The van der Waals surface area contributed by atoms with E-state index in [9.17, 15) is 0 Å². The highest BCUT2D eigenvalue weighted by molar-refractivity contribution is 4.61. The maximum Gasteiger partial charge on any atom is 0.0431 e. The first-order valence-electron chi connectivity index (χ1n) is 12.1. The molecule has 0 aliphatic rings. The van der Waals surface area contributed by atoms with Crippen molar-refractivity contribution < 1.29 is 10.2 Å². The van der Waals surface area contributed by atoms with Gasteiger partial charge in [0.15, 0.2) is 0 Å². The Kier molecular flexibility index (Phi) is 22.9. The maximum atomic E-state index is 9.00. The van der Waals surface area contributed by atoms with Crippen molar-refractivity contribution in [1.29, 1.82) is 0 Å². The minimum atomic E-state index is 0.314. The predicted molar refractivity (Wildman–Crippen MR) is 116 cm³/mol. The van der Waals surface area contributed by atoms with Crippen molar-refractivity contribution in [2.45, 2.75) is 135 Å². The number of hydrogen-bond acceptors (Lipinski definition) is 2. The van der Waals surface area contributed by atoms with Gasteiger partial charge in [0.2, 0.25) is 0 Å². The van der Waals surface area contributed by atoms with Crippen LogP contribution in [0.5, 0.6) is 0 Å². The van der Waals surface area contributed by atoms with Crippen molar-refractivity contribution in [1.82, 2.24) is 0 Å². The minimum Gasteiger partial charge on any atom is -0.396 e. The molecular formula is C24H50O2. The maximum absolute atomic E-state index is 9.00. The van der Waals surface area contributed by atoms with E-state index in [1.807, 2.05) is 0 Å². The molecule has 0 bridgehead atoms. The first-order chi connectivity index (χ1) is 12.8. The van der Waals surface area contributed by atoms with Crippen molar-refractivity contribution in [2.24, 2.45) is 5.92 Å². The van der Waals surface area contributed by atoms with Gasteiger partial charge >= 0.3 is 0 Å². The number of aliphatic hydroxyl groups is 2. The van der Waals surface area contributed by atoms with Crippen molar-refractivity contribution >= 4 is 0 Å². The average molecular weight is 371 g/mol. The van der Waals surface area contributed by atoms with Crippen LogP contribution in [-0.2, 0) is 0 Å². The van der Waals surface area contributed by atoms with Gasteiger partial charge in [0.05, 0.1) is 0 Å². The van der Waals surface area contributed by atoms with E-state index in [0.29, 0.717) is 13.2 Å². The lowest BCUT2D eigenvalue weighted by Crippen LogP contribution is -2.03. The van der Waals surface area contributed by atoms with Gasteiger partial charge in [-0.05, 0) is 31.6 Å². The van der Waals surface area contributed by atoms with Crippen LogP contribution in [0.3, 0.4) is 0 Å². The molecule has 0 aromatic heterocycles. The highest BCUT2D eigenvalue weighted by Gasteiger charge is 2.07. The Morgan fingerprint density at radius 3 is 1.08 bits per heavy atom. The SMILES string of the molecule is CCCCCCCCCCCCCCCCCC(CCCO)CCCO. The van der Waals surface area contributed by atoms with E-state index in [0.717, 1.165) is 31.6 Å². The van der Waals surface area contributed by atoms with E-state index in [2.05, 4.69) is 6.92 Å². The summed E-state index contributed by atoms with van der Waals surface area (Å²) in [6.45, 7) is 2.91. The molecule has 0 radical (unpaired) electrons. The van der Waals surface area contributed by atoms with E-state index >= 15 is 0 Å². The zero-order valence-electron chi connectivity index (χ0n) is 18.0. The molecule has 2 nitrogen and oxygen atoms in total. The molecule has 0 aromatic carbocycles. The van der Waals surface area contributed by atoms with Crippen LogP contribution in [0.25, 0.3) is 0 Å². The molecule has 0 rings (SSSR count). The lowest BCUT2D eigenvalue weighted by atomic mass is 9.91. The minimum absolute atomic E-state index is 0.314. The fourth-order valence-electron chi connectivity index (χ4n) is 4.00. The van der Waals surface area contributed by atoms with Crippen molar-refractivity contribution in [3.8, 4) is 0 Å². The first-order valence-corrected chi connectivity index (χ1v) is 12.1. The average Bonchev–Trinajstić information content (AvgIpc) is 2.66. The van der Waals surface area contributed by atoms with Gasteiger partial charge in [0.1, 0.15) is 0 Å². The van der Waals surface area contributed by atoms with Crippen LogP contribution in [0.2, 0.25) is 0 Å². The van der Waals surface area contributed by atoms with Crippen LogP contribution in [0.15, 0.2) is 0 Å². The lowest BCUT2D eigenvalue weighted by Gasteiger charge is -2.15. The number of unbranched alkanes of at least 4 members (excludes halogenated alkanes) is 14. The Morgan fingerprint density at radius 1 is 0.423 bits per heavy atom. The summed E-state index contributed by atoms with van der Waals surface area (Å²) in [5.41, 5.74) is 0. The Hall–Kier alpha value is -0.0800. The molecule has 0 fully saturated rings. The lowest BCUT2D eigenvalue weighted by molar-refractivity contribution is 0.243. The standard InChI is InChI=1S/C24H50O2/c1-2-3-4-5-6-7-8-9-10-11-12-13-14-15-16-19-24(20-17-22-25)21-18-23-26/h24-26H,2-23H2,1H3. The van der Waals surface area contributed by atoms with Crippen LogP contribution in [0.1, 0.15) is 135 Å². The second-order valence-corrected chi connectivity index (χ2v) is 8.34. The summed E-state index contributed by atoms with van der Waals surface area (Å²) in [5, 5.41) is 18.0. The van der Waals surface area contributed by atoms with Crippen molar-refractivity contribution in [3.63, 3.8) is 0 Å². The first kappa shape index (κ1) is 25.9. The molecule has 26 heavy (non-hydrogen) atoms. The molecular weight excluding hydrogens is 320 g/mol. The molecule has 0 atom stereocenters. The fraction of sp³-hybridized carbons (Fsp3) is 1.00. The van der Waals surface area contributed by atoms with E-state index in [-0.39, 0.29) is 0 Å². The molecule has 0 saturated carbocycles. The number of aliphatic hydroxyl groups excluding tert-OH is 2. The van der Waals surface area contributed by atoms with Gasteiger partial charge in [-0.2, -0.15) is 0 Å². The van der Waals surface area contributed by atoms with Crippen molar-refractivity contribution in [2.75, 3.05) is 13.2 Å². The van der Waals surface area contributed by atoms with Crippen LogP contribution >= 0.6 is 0 Å². The van der Waals surface area contributed by atoms with Gasteiger partial charge < -0.3 is 10.2 Å². The van der Waals surface area contributed by atoms with Gasteiger partial charge in [-0.3, -0.25) is 0 Å². The normalized spacial score (nSPS) is 11.5. The van der Waals surface area contributed by atoms with Gasteiger partial charge in [-0.1, -0.05) is 110 Å². The van der Waals surface area contributed by atoms with Crippen LogP contribution < -0.4 is 0 Å². The summed E-state index contributed by atoms with van der Waals surface area (Å²) in [7, 11) is 0. The Balaban J connectivity index is 3.26. The number of hydrogen-bond donors (Lipinski definition) is 2. The van der Waals surface area contributed by atoms with Crippen LogP contribution in [-0.4, -0.2) is 23.4 Å². The molecule has 158 valence electrons. The predicted octanol–water partition coefficient (Wildman–Crippen LogP) is 7.41. The molecule has 0 aliphatic carbocycles.